The van der Waals surface area contributed by atoms with Gasteiger partial charge in [-0.15, -0.1) is 0 Å². The Hall–Kier alpha value is -0.790. The topological polar surface area (TPSA) is 26.3 Å². The van der Waals surface area contributed by atoms with Crippen LogP contribution in [0.2, 0.25) is 0 Å². The van der Waals surface area contributed by atoms with Crippen LogP contribution in [0.4, 0.5) is 0 Å². The molecule has 1 rings (SSSR count). The van der Waals surface area contributed by atoms with Crippen LogP contribution in [-0.4, -0.2) is 12.6 Å². The minimum Gasteiger partial charge on any atom is -0.462 e. The molecular weight excluding hydrogens is 140 g/mol. The van der Waals surface area contributed by atoms with E-state index < -0.39 is 0 Å². The third-order valence-corrected chi connectivity index (χ3v) is 2.53. The molecule has 0 N–H and O–H groups in total. The van der Waals surface area contributed by atoms with Crippen LogP contribution >= 0.6 is 0 Å². The SMILES string of the molecule is C=C1C(=O)OCC(C)(C)C1C. The first-order valence-electron chi connectivity index (χ1n) is 3.81. The van der Waals surface area contributed by atoms with Crippen molar-refractivity contribution < 1.29 is 9.53 Å². The first kappa shape index (κ1) is 8.31. The van der Waals surface area contributed by atoms with E-state index in [1.165, 1.54) is 0 Å². The van der Waals surface area contributed by atoms with Gasteiger partial charge in [0, 0.05) is 11.0 Å². The van der Waals surface area contributed by atoms with Crippen molar-refractivity contribution in [3.8, 4) is 0 Å². The van der Waals surface area contributed by atoms with Crippen LogP contribution in [0.25, 0.3) is 0 Å². The number of cyclic esters (lactones) is 1. The highest BCUT2D eigenvalue weighted by Crippen LogP contribution is 2.35. The third-order valence-electron chi connectivity index (χ3n) is 2.53. The van der Waals surface area contributed by atoms with Crippen molar-refractivity contribution in [2.45, 2.75) is 20.8 Å². The van der Waals surface area contributed by atoms with Crippen molar-refractivity contribution in [1.29, 1.82) is 0 Å². The molecule has 1 saturated heterocycles. The second-order valence-electron chi connectivity index (χ2n) is 3.81. The van der Waals surface area contributed by atoms with Crippen LogP contribution in [0, 0.1) is 11.3 Å². The highest BCUT2D eigenvalue weighted by molar-refractivity contribution is 5.89. The van der Waals surface area contributed by atoms with Gasteiger partial charge in [0.05, 0.1) is 6.61 Å². The molecule has 0 saturated carbocycles. The van der Waals surface area contributed by atoms with E-state index in [-0.39, 0.29) is 17.3 Å². The van der Waals surface area contributed by atoms with Gasteiger partial charge in [-0.25, -0.2) is 4.79 Å². The van der Waals surface area contributed by atoms with Crippen LogP contribution < -0.4 is 0 Å². The van der Waals surface area contributed by atoms with Crippen LogP contribution in [0.5, 0.6) is 0 Å². The highest BCUT2D eigenvalue weighted by Gasteiger charge is 2.36. The predicted molar refractivity (Wildman–Crippen MR) is 43.0 cm³/mol. The van der Waals surface area contributed by atoms with Crippen LogP contribution in [0.15, 0.2) is 12.2 Å². The smallest absolute Gasteiger partial charge is 0.333 e. The molecule has 0 amide bonds. The third kappa shape index (κ3) is 1.30. The van der Waals surface area contributed by atoms with Crippen LogP contribution in [0.1, 0.15) is 20.8 Å². The molecule has 0 radical (unpaired) electrons. The zero-order valence-corrected chi connectivity index (χ0v) is 7.31. The molecule has 2 nitrogen and oxygen atoms in total. The Labute approximate surface area is 67.2 Å². The summed E-state index contributed by atoms with van der Waals surface area (Å²) >= 11 is 0. The fraction of sp³-hybridized carbons (Fsp3) is 0.667. The average Bonchev–Trinajstić information content (AvgIpc) is 1.95. The van der Waals surface area contributed by atoms with Crippen molar-refractivity contribution in [1.82, 2.24) is 0 Å². The average molecular weight is 154 g/mol. The summed E-state index contributed by atoms with van der Waals surface area (Å²) in [5.74, 6) is -0.0134. The zero-order chi connectivity index (χ0) is 8.65. The van der Waals surface area contributed by atoms with Gasteiger partial charge in [-0.1, -0.05) is 27.4 Å². The first-order chi connectivity index (χ1) is 4.95. The van der Waals surface area contributed by atoms with E-state index in [2.05, 4.69) is 20.4 Å². The quantitative estimate of drug-likeness (QED) is 0.392. The lowest BCUT2D eigenvalue weighted by Crippen LogP contribution is -2.37. The summed E-state index contributed by atoms with van der Waals surface area (Å²) in [6.45, 7) is 10.4. The number of esters is 1. The Bertz CT molecular complexity index is 204. The lowest BCUT2D eigenvalue weighted by molar-refractivity contribution is -0.148. The minimum absolute atomic E-state index is 0.0466. The summed E-state index contributed by atoms with van der Waals surface area (Å²) in [5, 5.41) is 0. The molecule has 11 heavy (non-hydrogen) atoms. The number of ether oxygens (including phenoxy) is 1. The summed E-state index contributed by atoms with van der Waals surface area (Å²) in [6.07, 6.45) is 0. The minimum atomic E-state index is -0.239. The maximum atomic E-state index is 11.0. The molecular formula is C9H14O2. The molecule has 2 heteroatoms. The Morgan fingerprint density at radius 2 is 2.18 bits per heavy atom. The molecule has 0 aromatic carbocycles. The number of carbonyl (C=O) groups excluding carboxylic acids is 1. The molecule has 1 aliphatic heterocycles. The molecule has 1 heterocycles. The van der Waals surface area contributed by atoms with Crippen molar-refractivity contribution in [2.75, 3.05) is 6.61 Å². The van der Waals surface area contributed by atoms with E-state index in [0.717, 1.165) is 0 Å². The molecule has 0 spiro atoms. The zero-order valence-electron chi connectivity index (χ0n) is 7.31. The number of hydrogen-bond donors (Lipinski definition) is 0. The van der Waals surface area contributed by atoms with E-state index in [1.807, 2.05) is 6.92 Å². The predicted octanol–water partition coefficient (Wildman–Crippen LogP) is 1.76. The van der Waals surface area contributed by atoms with E-state index in [4.69, 9.17) is 4.74 Å². The summed E-state index contributed by atoms with van der Waals surface area (Å²) in [4.78, 5) is 11.0. The van der Waals surface area contributed by atoms with Gasteiger partial charge in [-0.2, -0.15) is 0 Å². The van der Waals surface area contributed by atoms with E-state index in [0.29, 0.717) is 12.2 Å². The molecule has 62 valence electrons. The van der Waals surface area contributed by atoms with E-state index >= 15 is 0 Å². The molecule has 0 bridgehead atoms. The molecule has 0 aliphatic carbocycles. The molecule has 0 aromatic heterocycles. The lowest BCUT2D eigenvalue weighted by atomic mass is 9.75. The summed E-state index contributed by atoms with van der Waals surface area (Å²) in [7, 11) is 0. The second-order valence-corrected chi connectivity index (χ2v) is 3.81. The van der Waals surface area contributed by atoms with Gasteiger partial charge < -0.3 is 4.74 Å². The highest BCUT2D eigenvalue weighted by atomic mass is 16.5. The molecule has 0 aromatic rings. The van der Waals surface area contributed by atoms with Crippen molar-refractivity contribution in [3.63, 3.8) is 0 Å². The molecule has 1 fully saturated rings. The normalized spacial score (nSPS) is 29.9. The van der Waals surface area contributed by atoms with Gasteiger partial charge >= 0.3 is 5.97 Å². The number of hydrogen-bond acceptors (Lipinski definition) is 2. The van der Waals surface area contributed by atoms with Crippen molar-refractivity contribution in [2.24, 2.45) is 11.3 Å². The Balaban J connectivity index is 2.84. The monoisotopic (exact) mass is 154 g/mol. The van der Waals surface area contributed by atoms with Gasteiger partial charge in [0.2, 0.25) is 0 Å². The van der Waals surface area contributed by atoms with Gasteiger partial charge in [0.1, 0.15) is 0 Å². The molecule has 1 aliphatic rings. The summed E-state index contributed by atoms with van der Waals surface area (Å²) in [5.41, 5.74) is 0.645. The largest absolute Gasteiger partial charge is 0.462 e. The molecule has 1 unspecified atom stereocenters. The Morgan fingerprint density at radius 1 is 1.64 bits per heavy atom. The Morgan fingerprint density at radius 3 is 2.64 bits per heavy atom. The van der Waals surface area contributed by atoms with Crippen molar-refractivity contribution >= 4 is 5.97 Å². The number of rotatable bonds is 0. The lowest BCUT2D eigenvalue weighted by Gasteiger charge is -2.36. The van der Waals surface area contributed by atoms with Gasteiger partial charge in [-0.05, 0) is 5.92 Å². The van der Waals surface area contributed by atoms with Crippen LogP contribution in [-0.2, 0) is 9.53 Å². The Kier molecular flexibility index (Phi) is 1.78. The van der Waals surface area contributed by atoms with E-state index in [9.17, 15) is 4.79 Å². The van der Waals surface area contributed by atoms with Gasteiger partial charge in [-0.3, -0.25) is 0 Å². The fourth-order valence-electron chi connectivity index (χ4n) is 1.12. The van der Waals surface area contributed by atoms with Gasteiger partial charge in [0.25, 0.3) is 0 Å². The summed E-state index contributed by atoms with van der Waals surface area (Å²) < 4.78 is 4.94. The van der Waals surface area contributed by atoms with Crippen molar-refractivity contribution in [3.05, 3.63) is 12.2 Å². The molecule has 1 atom stereocenters. The first-order valence-corrected chi connectivity index (χ1v) is 3.81. The number of carbonyl (C=O) groups is 1. The maximum Gasteiger partial charge on any atom is 0.333 e. The van der Waals surface area contributed by atoms with Crippen LogP contribution in [0.3, 0.4) is 0 Å². The fourth-order valence-corrected chi connectivity index (χ4v) is 1.12. The summed E-state index contributed by atoms with van der Waals surface area (Å²) in [6, 6.07) is 0. The maximum absolute atomic E-state index is 11.0. The second kappa shape index (κ2) is 2.36. The standard InChI is InChI=1S/C9H14O2/c1-6-7(2)9(3,4)5-11-8(6)10/h7H,1,5H2,2-4H3. The van der Waals surface area contributed by atoms with Gasteiger partial charge in [0.15, 0.2) is 0 Å². The van der Waals surface area contributed by atoms with E-state index in [1.54, 1.807) is 0 Å².